The summed E-state index contributed by atoms with van der Waals surface area (Å²) in [6, 6.07) is 6.28. The SMILES string of the molecule is CCc1ccc(C(=O)NC(CP)C(=O)O)cc1. The molecule has 0 fully saturated rings. The molecule has 2 unspecified atom stereocenters. The molecule has 92 valence electrons. The molecule has 2 N–H and O–H groups in total. The fourth-order valence-corrected chi connectivity index (χ4v) is 1.67. The molecule has 1 rings (SSSR count). The molecule has 0 aliphatic carbocycles. The zero-order valence-corrected chi connectivity index (χ0v) is 10.8. The van der Waals surface area contributed by atoms with E-state index in [1.165, 1.54) is 0 Å². The third kappa shape index (κ3) is 3.82. The van der Waals surface area contributed by atoms with Crippen LogP contribution in [0.15, 0.2) is 24.3 Å². The molecule has 0 radical (unpaired) electrons. The van der Waals surface area contributed by atoms with Crippen LogP contribution in [-0.4, -0.2) is 29.2 Å². The molecule has 4 nitrogen and oxygen atoms in total. The number of carbonyl (C=O) groups is 2. The molecule has 0 heterocycles. The summed E-state index contributed by atoms with van der Waals surface area (Å²) in [5.41, 5.74) is 1.62. The number of carbonyl (C=O) groups excluding carboxylic acids is 1. The molecule has 0 bridgehead atoms. The Morgan fingerprint density at radius 1 is 1.35 bits per heavy atom. The van der Waals surface area contributed by atoms with Gasteiger partial charge in [0.15, 0.2) is 0 Å². The number of amides is 1. The fourth-order valence-electron chi connectivity index (χ4n) is 1.35. The highest BCUT2D eigenvalue weighted by Gasteiger charge is 2.18. The van der Waals surface area contributed by atoms with Gasteiger partial charge in [-0.25, -0.2) is 4.79 Å². The van der Waals surface area contributed by atoms with Gasteiger partial charge in [0.2, 0.25) is 0 Å². The monoisotopic (exact) mass is 253 g/mol. The van der Waals surface area contributed by atoms with Gasteiger partial charge < -0.3 is 10.4 Å². The molecule has 5 heteroatoms. The highest BCUT2D eigenvalue weighted by Crippen LogP contribution is 2.05. The Bertz CT molecular complexity index is 403. The van der Waals surface area contributed by atoms with Crippen LogP contribution >= 0.6 is 9.24 Å². The average molecular weight is 253 g/mol. The van der Waals surface area contributed by atoms with E-state index in [4.69, 9.17) is 5.11 Å². The maximum absolute atomic E-state index is 11.7. The smallest absolute Gasteiger partial charge is 0.326 e. The second-order valence-electron chi connectivity index (χ2n) is 3.65. The van der Waals surface area contributed by atoms with Gasteiger partial charge in [-0.2, -0.15) is 0 Å². The van der Waals surface area contributed by atoms with Crippen LogP contribution in [-0.2, 0) is 11.2 Å². The van der Waals surface area contributed by atoms with Gasteiger partial charge in [-0.05, 0) is 30.3 Å². The van der Waals surface area contributed by atoms with Crippen molar-refractivity contribution in [2.45, 2.75) is 19.4 Å². The van der Waals surface area contributed by atoms with Crippen LogP contribution in [0, 0.1) is 0 Å². The van der Waals surface area contributed by atoms with Gasteiger partial charge in [0.1, 0.15) is 6.04 Å². The van der Waals surface area contributed by atoms with E-state index < -0.39 is 12.0 Å². The van der Waals surface area contributed by atoms with E-state index in [9.17, 15) is 9.59 Å². The summed E-state index contributed by atoms with van der Waals surface area (Å²) in [4.78, 5) is 22.5. The van der Waals surface area contributed by atoms with E-state index in [1.807, 2.05) is 19.1 Å². The Morgan fingerprint density at radius 2 is 1.94 bits per heavy atom. The first kappa shape index (κ1) is 13.7. The van der Waals surface area contributed by atoms with Crippen molar-refractivity contribution in [3.05, 3.63) is 35.4 Å². The van der Waals surface area contributed by atoms with Crippen molar-refractivity contribution in [3.63, 3.8) is 0 Å². The molecular formula is C12H16NO3P. The summed E-state index contributed by atoms with van der Waals surface area (Å²) in [5.74, 6) is -1.39. The van der Waals surface area contributed by atoms with Gasteiger partial charge in [0.25, 0.3) is 5.91 Å². The van der Waals surface area contributed by atoms with Crippen molar-refractivity contribution in [1.82, 2.24) is 5.32 Å². The van der Waals surface area contributed by atoms with Gasteiger partial charge in [-0.15, -0.1) is 9.24 Å². The number of nitrogens with one attached hydrogen (secondary N) is 1. The van der Waals surface area contributed by atoms with Crippen molar-refractivity contribution in [3.8, 4) is 0 Å². The Hall–Kier alpha value is -1.41. The van der Waals surface area contributed by atoms with Crippen LogP contribution in [0.2, 0.25) is 0 Å². The van der Waals surface area contributed by atoms with Crippen molar-refractivity contribution < 1.29 is 14.7 Å². The minimum absolute atomic E-state index is 0.286. The van der Waals surface area contributed by atoms with Crippen LogP contribution in [0.25, 0.3) is 0 Å². The first-order valence-corrected chi connectivity index (χ1v) is 6.22. The summed E-state index contributed by atoms with van der Waals surface area (Å²) >= 11 is 0. The van der Waals surface area contributed by atoms with Gasteiger partial charge >= 0.3 is 5.97 Å². The van der Waals surface area contributed by atoms with Crippen LogP contribution < -0.4 is 5.32 Å². The number of rotatable bonds is 5. The number of hydrogen-bond donors (Lipinski definition) is 2. The molecule has 0 saturated heterocycles. The first-order chi connectivity index (χ1) is 8.08. The molecule has 1 aromatic carbocycles. The average Bonchev–Trinajstić information content (AvgIpc) is 2.35. The number of hydrogen-bond acceptors (Lipinski definition) is 2. The zero-order valence-electron chi connectivity index (χ0n) is 9.64. The molecule has 2 atom stereocenters. The summed E-state index contributed by atoms with van der Waals surface area (Å²) in [6.07, 6.45) is 1.19. The van der Waals surface area contributed by atoms with E-state index in [1.54, 1.807) is 12.1 Å². The third-order valence-electron chi connectivity index (χ3n) is 2.46. The minimum atomic E-state index is -1.03. The first-order valence-electron chi connectivity index (χ1n) is 5.41. The van der Waals surface area contributed by atoms with E-state index >= 15 is 0 Å². The van der Waals surface area contributed by atoms with Crippen LogP contribution in [0.1, 0.15) is 22.8 Å². The second kappa shape index (κ2) is 6.36. The number of aliphatic carboxylic acids is 1. The van der Waals surface area contributed by atoms with Gasteiger partial charge in [-0.1, -0.05) is 19.1 Å². The molecule has 0 aliphatic heterocycles. The van der Waals surface area contributed by atoms with Crippen LogP contribution in [0.3, 0.4) is 0 Å². The fraction of sp³-hybridized carbons (Fsp3) is 0.333. The van der Waals surface area contributed by atoms with Gasteiger partial charge in [0, 0.05) is 5.56 Å². The largest absolute Gasteiger partial charge is 0.480 e. The summed E-state index contributed by atoms with van der Waals surface area (Å²) in [7, 11) is 2.31. The number of carboxylic acid groups (broad SMARTS) is 1. The lowest BCUT2D eigenvalue weighted by Crippen LogP contribution is -2.41. The van der Waals surface area contributed by atoms with Gasteiger partial charge in [0.05, 0.1) is 0 Å². The molecule has 1 amide bonds. The Morgan fingerprint density at radius 3 is 2.35 bits per heavy atom. The molecule has 0 spiro atoms. The molecular weight excluding hydrogens is 237 g/mol. The van der Waals surface area contributed by atoms with Crippen LogP contribution in [0.5, 0.6) is 0 Å². The molecule has 17 heavy (non-hydrogen) atoms. The number of benzene rings is 1. The number of aryl methyl sites for hydroxylation is 1. The lowest BCUT2D eigenvalue weighted by Gasteiger charge is -2.12. The zero-order chi connectivity index (χ0) is 12.8. The van der Waals surface area contributed by atoms with Crippen molar-refractivity contribution in [2.75, 3.05) is 6.16 Å². The maximum Gasteiger partial charge on any atom is 0.326 e. The minimum Gasteiger partial charge on any atom is -0.480 e. The predicted molar refractivity (Wildman–Crippen MR) is 69.3 cm³/mol. The maximum atomic E-state index is 11.7. The molecule has 0 aliphatic rings. The van der Waals surface area contributed by atoms with E-state index in [0.717, 1.165) is 12.0 Å². The summed E-state index contributed by atoms with van der Waals surface area (Å²) in [6.45, 7) is 2.03. The lowest BCUT2D eigenvalue weighted by molar-refractivity contribution is -0.138. The number of carboxylic acids is 1. The summed E-state index contributed by atoms with van der Waals surface area (Å²) in [5, 5.41) is 11.3. The predicted octanol–water partition coefficient (Wildman–Crippen LogP) is 1.31. The third-order valence-corrected chi connectivity index (χ3v) is 2.93. The topological polar surface area (TPSA) is 66.4 Å². The summed E-state index contributed by atoms with van der Waals surface area (Å²) < 4.78 is 0. The molecule has 0 saturated carbocycles. The normalized spacial score (nSPS) is 11.9. The molecule has 0 aromatic heterocycles. The second-order valence-corrected chi connectivity index (χ2v) is 4.12. The highest BCUT2D eigenvalue weighted by molar-refractivity contribution is 7.16. The van der Waals surface area contributed by atoms with E-state index in [-0.39, 0.29) is 12.1 Å². The standard InChI is InChI=1S/C12H16NO3P/c1-2-8-3-5-9(6-4-8)11(14)13-10(7-17)12(15)16/h3-6,10H,2,7,17H2,1H3,(H,13,14)(H,15,16). The van der Waals surface area contributed by atoms with E-state index in [0.29, 0.717) is 5.56 Å². The van der Waals surface area contributed by atoms with E-state index in [2.05, 4.69) is 14.6 Å². The van der Waals surface area contributed by atoms with Crippen LogP contribution in [0.4, 0.5) is 0 Å². The van der Waals surface area contributed by atoms with Crippen molar-refractivity contribution in [2.24, 2.45) is 0 Å². The van der Waals surface area contributed by atoms with Gasteiger partial charge in [-0.3, -0.25) is 4.79 Å². The molecule has 1 aromatic rings. The van der Waals surface area contributed by atoms with Crippen molar-refractivity contribution >= 4 is 21.1 Å². The Kier molecular flexibility index (Phi) is 5.11. The lowest BCUT2D eigenvalue weighted by atomic mass is 10.1. The Balaban J connectivity index is 2.72. The Labute approximate surface area is 103 Å². The van der Waals surface area contributed by atoms with Crippen molar-refractivity contribution in [1.29, 1.82) is 0 Å². The highest BCUT2D eigenvalue weighted by atomic mass is 31.0. The quantitative estimate of drug-likeness (QED) is 0.777.